The van der Waals surface area contributed by atoms with Crippen LogP contribution < -0.4 is 0 Å². The van der Waals surface area contributed by atoms with Crippen molar-refractivity contribution in [3.8, 4) is 0 Å². The average Bonchev–Trinajstić information content (AvgIpc) is 3.64. The molecule has 3 N–H and O–H groups in total. The molecule has 86 heavy (non-hydrogen) atoms. The summed E-state index contributed by atoms with van der Waals surface area (Å²) in [6.45, 7) is 4.77. The summed E-state index contributed by atoms with van der Waals surface area (Å²) < 4.78 is 67.9. The van der Waals surface area contributed by atoms with Crippen LogP contribution in [0.25, 0.3) is 0 Å². The van der Waals surface area contributed by atoms with Crippen molar-refractivity contribution >= 4 is 39.5 Å². The normalized spacial score (nSPS) is 14.3. The fraction of sp³-hybridized carbons (Fsp3) is 0.881. The molecule has 5 atom stereocenters. The van der Waals surface area contributed by atoms with Crippen LogP contribution >= 0.6 is 15.6 Å². The van der Waals surface area contributed by atoms with Crippen LogP contribution in [0.15, 0.2) is 24.3 Å². The van der Waals surface area contributed by atoms with Crippen molar-refractivity contribution in [1.29, 1.82) is 0 Å². The average molecular weight is 1270 g/mol. The lowest BCUT2D eigenvalue weighted by Gasteiger charge is -2.21. The smallest absolute Gasteiger partial charge is 0.462 e. The number of hydrogen-bond donors (Lipinski definition) is 3. The third kappa shape index (κ3) is 60.5. The van der Waals surface area contributed by atoms with Crippen molar-refractivity contribution in [2.45, 2.75) is 341 Å². The number of phosphoric ester groups is 2. The van der Waals surface area contributed by atoms with Gasteiger partial charge in [-0.3, -0.25) is 37.3 Å². The summed E-state index contributed by atoms with van der Waals surface area (Å²) in [5.74, 6) is -2.17. The number of carbonyl (C=O) groups is 4. The van der Waals surface area contributed by atoms with Crippen LogP contribution in [-0.4, -0.2) is 96.7 Å². The number of carbonyl (C=O) groups excluding carboxylic acids is 4. The Hall–Kier alpha value is -2.46. The second-order valence-corrected chi connectivity index (χ2v) is 26.4. The Morgan fingerprint density at radius 3 is 0.849 bits per heavy atom. The number of unbranched alkanes of at least 4 members (excludes halogenated alkanes) is 37. The van der Waals surface area contributed by atoms with Gasteiger partial charge in [-0.2, -0.15) is 0 Å². The molecule has 0 amide bonds. The number of ether oxygens (including phenoxy) is 4. The Balaban J connectivity index is 5.21. The molecule has 0 aromatic rings. The fourth-order valence-corrected chi connectivity index (χ4v) is 11.2. The van der Waals surface area contributed by atoms with Crippen molar-refractivity contribution < 1.29 is 80.2 Å². The number of rotatable bonds is 66. The maximum Gasteiger partial charge on any atom is 0.472 e. The number of allylic oxidation sites excluding steroid dienone is 4. The van der Waals surface area contributed by atoms with Crippen LogP contribution in [0, 0.1) is 0 Å². The van der Waals surface area contributed by atoms with E-state index in [1.54, 1.807) is 0 Å². The molecule has 2 unspecified atom stereocenters. The van der Waals surface area contributed by atoms with E-state index in [-0.39, 0.29) is 25.7 Å². The van der Waals surface area contributed by atoms with E-state index in [0.29, 0.717) is 25.7 Å². The summed E-state index contributed by atoms with van der Waals surface area (Å²) in [4.78, 5) is 72.1. The monoisotopic (exact) mass is 1260 g/mol. The maximum absolute atomic E-state index is 13.0. The number of phosphoric acid groups is 2. The quantitative estimate of drug-likeness (QED) is 0.0169. The molecule has 506 valence electrons. The van der Waals surface area contributed by atoms with E-state index in [2.05, 4.69) is 52.0 Å². The molecular weight excluding hydrogens is 1140 g/mol. The summed E-state index contributed by atoms with van der Waals surface area (Å²) in [5, 5.41) is 10.5. The first kappa shape index (κ1) is 83.5. The predicted molar refractivity (Wildman–Crippen MR) is 345 cm³/mol. The van der Waals surface area contributed by atoms with E-state index >= 15 is 0 Å². The molecule has 0 aromatic carbocycles. The van der Waals surface area contributed by atoms with Gasteiger partial charge in [0.05, 0.1) is 26.4 Å². The SMILES string of the molecule is CCCCCC/C=C\C=C/CCCCCCCC(=O)O[C@H](COC(=O)CCCCCCCCCCCCCCCC)COP(=O)(O)OC[C@@H](O)COP(=O)(O)OC[C@@H](COC(=O)CCCCCCC)OC(=O)CCCCCCCCCCCCCC. The number of esters is 4. The van der Waals surface area contributed by atoms with E-state index in [4.69, 9.17) is 37.0 Å². The standard InChI is InChI=1S/C67H126O17P2/c1-5-9-13-17-20-23-26-29-31-33-36-39-42-46-50-54-67(72)84-63(58-78-65(70)52-48-44-40-37-35-32-30-27-24-21-18-14-10-6-2)60-82-86(75,76)80-56-61(68)55-79-85(73,74)81-59-62(57-77-64(69)51-47-43-16-12-8-4)83-66(71)53-49-45-41-38-34-28-25-22-19-15-11-7-3/h23,26,29,31,61-63,68H,5-22,24-25,27-28,30,32-60H2,1-4H3,(H,73,74)(H,75,76)/b26-23-,31-29-/t61-,62+,63+/m0/s1. The molecule has 0 aliphatic rings. The summed E-state index contributed by atoms with van der Waals surface area (Å²) in [6.07, 6.45) is 51.0. The molecule has 0 aliphatic carbocycles. The van der Waals surface area contributed by atoms with Gasteiger partial charge in [-0.05, 0) is 51.4 Å². The van der Waals surface area contributed by atoms with E-state index < -0.39 is 97.5 Å². The van der Waals surface area contributed by atoms with Crippen LogP contribution in [0.3, 0.4) is 0 Å². The zero-order valence-electron chi connectivity index (χ0n) is 54.8. The van der Waals surface area contributed by atoms with Gasteiger partial charge in [-0.25, -0.2) is 9.13 Å². The van der Waals surface area contributed by atoms with Crippen molar-refractivity contribution in [1.82, 2.24) is 0 Å². The van der Waals surface area contributed by atoms with Gasteiger partial charge in [-0.1, -0.05) is 270 Å². The highest BCUT2D eigenvalue weighted by Gasteiger charge is 2.30. The van der Waals surface area contributed by atoms with Crippen molar-refractivity contribution in [3.63, 3.8) is 0 Å². The minimum absolute atomic E-state index is 0.0857. The number of hydrogen-bond acceptors (Lipinski definition) is 15. The Morgan fingerprint density at radius 2 is 0.558 bits per heavy atom. The first-order chi connectivity index (χ1) is 41.7. The Kier molecular flexibility index (Phi) is 59.6. The van der Waals surface area contributed by atoms with E-state index in [9.17, 15) is 43.2 Å². The molecule has 0 heterocycles. The summed E-state index contributed by atoms with van der Waals surface area (Å²) in [6, 6.07) is 0. The Labute approximate surface area is 522 Å². The van der Waals surface area contributed by atoms with E-state index in [0.717, 1.165) is 109 Å². The van der Waals surface area contributed by atoms with Crippen molar-refractivity contribution in [3.05, 3.63) is 24.3 Å². The van der Waals surface area contributed by atoms with Gasteiger partial charge in [0, 0.05) is 25.7 Å². The fourth-order valence-electron chi connectivity index (χ4n) is 9.62. The zero-order valence-corrected chi connectivity index (χ0v) is 56.6. The van der Waals surface area contributed by atoms with Gasteiger partial charge in [0.25, 0.3) is 0 Å². The highest BCUT2D eigenvalue weighted by Crippen LogP contribution is 2.45. The van der Waals surface area contributed by atoms with Gasteiger partial charge in [-0.15, -0.1) is 0 Å². The number of aliphatic hydroxyl groups excluding tert-OH is 1. The third-order valence-corrected chi connectivity index (χ3v) is 16.9. The highest BCUT2D eigenvalue weighted by molar-refractivity contribution is 7.47. The van der Waals surface area contributed by atoms with Crippen LogP contribution in [0.1, 0.15) is 323 Å². The molecule has 0 rings (SSSR count). The highest BCUT2D eigenvalue weighted by atomic mass is 31.2. The van der Waals surface area contributed by atoms with Crippen LogP contribution in [0.4, 0.5) is 0 Å². The van der Waals surface area contributed by atoms with Crippen LogP contribution in [-0.2, 0) is 65.4 Å². The Morgan fingerprint density at radius 1 is 0.326 bits per heavy atom. The molecular formula is C67H126O17P2. The summed E-state index contributed by atoms with van der Waals surface area (Å²) in [5.41, 5.74) is 0. The van der Waals surface area contributed by atoms with Crippen molar-refractivity contribution in [2.24, 2.45) is 0 Å². The first-order valence-electron chi connectivity index (χ1n) is 34.6. The van der Waals surface area contributed by atoms with Gasteiger partial charge < -0.3 is 33.8 Å². The first-order valence-corrected chi connectivity index (χ1v) is 37.6. The van der Waals surface area contributed by atoms with Gasteiger partial charge in [0.15, 0.2) is 12.2 Å². The molecule has 17 nitrogen and oxygen atoms in total. The molecule has 0 saturated heterocycles. The topological polar surface area (TPSA) is 237 Å². The Bertz CT molecular complexity index is 1750. The van der Waals surface area contributed by atoms with E-state index in [1.807, 2.05) is 0 Å². The van der Waals surface area contributed by atoms with Crippen LogP contribution in [0.2, 0.25) is 0 Å². The van der Waals surface area contributed by atoms with Gasteiger partial charge in [0.2, 0.25) is 0 Å². The van der Waals surface area contributed by atoms with Gasteiger partial charge >= 0.3 is 39.5 Å². The molecule has 0 bridgehead atoms. The second kappa shape index (κ2) is 61.4. The lowest BCUT2D eigenvalue weighted by atomic mass is 10.0. The minimum atomic E-state index is -4.95. The minimum Gasteiger partial charge on any atom is -0.462 e. The lowest BCUT2D eigenvalue weighted by molar-refractivity contribution is -0.161. The molecule has 19 heteroatoms. The molecule has 0 radical (unpaired) electrons. The molecule has 0 spiro atoms. The summed E-state index contributed by atoms with van der Waals surface area (Å²) >= 11 is 0. The third-order valence-electron chi connectivity index (χ3n) is 15.0. The van der Waals surface area contributed by atoms with Crippen molar-refractivity contribution in [2.75, 3.05) is 39.6 Å². The van der Waals surface area contributed by atoms with Crippen LogP contribution in [0.5, 0.6) is 0 Å². The zero-order chi connectivity index (χ0) is 63.3. The largest absolute Gasteiger partial charge is 0.472 e. The number of aliphatic hydroxyl groups is 1. The lowest BCUT2D eigenvalue weighted by Crippen LogP contribution is -2.30. The van der Waals surface area contributed by atoms with E-state index in [1.165, 1.54) is 135 Å². The molecule has 0 aliphatic heterocycles. The molecule has 0 aromatic heterocycles. The second-order valence-electron chi connectivity index (χ2n) is 23.5. The van der Waals surface area contributed by atoms with Gasteiger partial charge in [0.1, 0.15) is 19.3 Å². The maximum atomic E-state index is 13.0. The molecule has 0 saturated carbocycles. The molecule has 0 fully saturated rings. The predicted octanol–water partition coefficient (Wildman–Crippen LogP) is 18.7. The summed E-state index contributed by atoms with van der Waals surface area (Å²) in [7, 11) is -9.90.